The van der Waals surface area contributed by atoms with Crippen LogP contribution in [0.15, 0.2) is 12.4 Å². The molecular weight excluding hydrogens is 224 g/mol. The van der Waals surface area contributed by atoms with E-state index < -0.39 is 0 Å². The maximum atomic E-state index is 4.21. The number of aromatic nitrogens is 4. The first-order valence-corrected chi connectivity index (χ1v) is 5.94. The molecule has 0 aromatic carbocycles. The van der Waals surface area contributed by atoms with Crippen molar-refractivity contribution in [1.29, 1.82) is 0 Å². The molecule has 0 saturated heterocycles. The van der Waals surface area contributed by atoms with Gasteiger partial charge in [-0.1, -0.05) is 0 Å². The second kappa shape index (κ2) is 6.19. The normalized spacial score (nSPS) is 9.67. The molecule has 0 aliphatic heterocycles. The van der Waals surface area contributed by atoms with Gasteiger partial charge in [-0.25, -0.2) is 0 Å². The van der Waals surface area contributed by atoms with Crippen LogP contribution in [0.4, 0.5) is 0 Å². The zero-order chi connectivity index (χ0) is 13.7. The molecule has 0 radical (unpaired) electrons. The highest BCUT2D eigenvalue weighted by atomic mass is 14.8. The molecule has 0 atom stereocenters. The third-order valence-corrected chi connectivity index (χ3v) is 2.63. The van der Waals surface area contributed by atoms with E-state index in [-0.39, 0.29) is 0 Å². The van der Waals surface area contributed by atoms with E-state index in [9.17, 15) is 0 Å². The van der Waals surface area contributed by atoms with Gasteiger partial charge in [-0.05, 0) is 41.5 Å². The van der Waals surface area contributed by atoms with Gasteiger partial charge in [0.15, 0.2) is 0 Å². The Labute approximate surface area is 109 Å². The molecule has 0 unspecified atom stereocenters. The fourth-order valence-electron chi connectivity index (χ4n) is 1.32. The third kappa shape index (κ3) is 4.20. The van der Waals surface area contributed by atoms with Crippen molar-refractivity contribution in [3.63, 3.8) is 0 Å². The molecule has 2 aromatic heterocycles. The molecule has 18 heavy (non-hydrogen) atoms. The average molecular weight is 244 g/mol. The molecule has 0 aliphatic carbocycles. The van der Waals surface area contributed by atoms with Crippen LogP contribution >= 0.6 is 0 Å². The lowest BCUT2D eigenvalue weighted by molar-refractivity contribution is 1.00. The van der Waals surface area contributed by atoms with Crippen LogP contribution in [-0.2, 0) is 0 Å². The summed E-state index contributed by atoms with van der Waals surface area (Å²) in [5, 5.41) is 0. The minimum Gasteiger partial charge on any atom is -0.258 e. The van der Waals surface area contributed by atoms with Crippen LogP contribution < -0.4 is 0 Å². The molecule has 4 heteroatoms. The molecule has 0 saturated carbocycles. The summed E-state index contributed by atoms with van der Waals surface area (Å²) in [6, 6.07) is 0. The van der Waals surface area contributed by atoms with E-state index in [2.05, 4.69) is 19.9 Å². The molecule has 0 bridgehead atoms. The topological polar surface area (TPSA) is 51.6 Å². The van der Waals surface area contributed by atoms with Crippen LogP contribution in [0.25, 0.3) is 0 Å². The molecule has 96 valence electrons. The molecular formula is C14H20N4. The van der Waals surface area contributed by atoms with E-state index in [4.69, 9.17) is 0 Å². The van der Waals surface area contributed by atoms with Crippen LogP contribution in [0.5, 0.6) is 0 Å². The summed E-state index contributed by atoms with van der Waals surface area (Å²) < 4.78 is 0. The molecule has 4 nitrogen and oxygen atoms in total. The van der Waals surface area contributed by atoms with Gasteiger partial charge in [0.05, 0.1) is 34.2 Å². The Balaban J connectivity index is 0.000000180. The van der Waals surface area contributed by atoms with Crippen molar-refractivity contribution in [1.82, 2.24) is 19.9 Å². The van der Waals surface area contributed by atoms with Gasteiger partial charge in [-0.3, -0.25) is 19.9 Å². The average Bonchev–Trinajstić information content (AvgIpc) is 2.30. The number of hydrogen-bond donors (Lipinski definition) is 0. The van der Waals surface area contributed by atoms with E-state index in [0.717, 1.165) is 34.2 Å². The van der Waals surface area contributed by atoms with Gasteiger partial charge < -0.3 is 0 Å². The van der Waals surface area contributed by atoms with Gasteiger partial charge in [0.25, 0.3) is 0 Å². The zero-order valence-electron chi connectivity index (χ0n) is 11.9. The smallest absolute Gasteiger partial charge is 0.0588 e. The summed E-state index contributed by atoms with van der Waals surface area (Å²) in [7, 11) is 0. The molecule has 0 aliphatic rings. The summed E-state index contributed by atoms with van der Waals surface area (Å²) in [6.07, 6.45) is 3.56. The summed E-state index contributed by atoms with van der Waals surface area (Å²) in [5.41, 5.74) is 6.04. The SMILES string of the molecule is Cc1cnc(C)c(C)n1.Cc1cnc(C)c(C)n1. The Morgan fingerprint density at radius 1 is 0.556 bits per heavy atom. The Hall–Kier alpha value is -1.84. The monoisotopic (exact) mass is 244 g/mol. The highest BCUT2D eigenvalue weighted by molar-refractivity contribution is 5.09. The van der Waals surface area contributed by atoms with E-state index in [1.165, 1.54) is 0 Å². The lowest BCUT2D eigenvalue weighted by Crippen LogP contribution is -1.92. The molecule has 0 fully saturated rings. The van der Waals surface area contributed by atoms with E-state index in [0.29, 0.717) is 0 Å². The van der Waals surface area contributed by atoms with E-state index >= 15 is 0 Å². The third-order valence-electron chi connectivity index (χ3n) is 2.63. The molecule has 2 heterocycles. The minimum atomic E-state index is 0.984. The zero-order valence-corrected chi connectivity index (χ0v) is 11.9. The van der Waals surface area contributed by atoms with Crippen molar-refractivity contribution >= 4 is 0 Å². The largest absolute Gasteiger partial charge is 0.258 e. The molecule has 0 spiro atoms. The second-order valence-electron chi connectivity index (χ2n) is 4.36. The van der Waals surface area contributed by atoms with Crippen LogP contribution in [0.1, 0.15) is 34.2 Å². The van der Waals surface area contributed by atoms with Crippen molar-refractivity contribution in [3.05, 3.63) is 46.6 Å². The van der Waals surface area contributed by atoms with Gasteiger partial charge in [0, 0.05) is 12.4 Å². The van der Waals surface area contributed by atoms with Crippen LogP contribution in [0.2, 0.25) is 0 Å². The van der Waals surface area contributed by atoms with Crippen molar-refractivity contribution in [2.75, 3.05) is 0 Å². The summed E-state index contributed by atoms with van der Waals surface area (Å²) in [5.74, 6) is 0. The summed E-state index contributed by atoms with van der Waals surface area (Å²) >= 11 is 0. The lowest BCUT2D eigenvalue weighted by Gasteiger charge is -1.96. The standard InChI is InChI=1S/2C7H10N2/c2*1-5-4-8-6(2)7(3)9-5/h2*4H,1-3H3. The predicted octanol–water partition coefficient (Wildman–Crippen LogP) is 2.80. The number of rotatable bonds is 0. The van der Waals surface area contributed by atoms with Crippen LogP contribution in [0.3, 0.4) is 0 Å². The Bertz CT molecular complexity index is 486. The first kappa shape index (κ1) is 14.2. The first-order chi connectivity index (χ1) is 8.40. The number of hydrogen-bond acceptors (Lipinski definition) is 4. The van der Waals surface area contributed by atoms with Crippen LogP contribution in [0, 0.1) is 41.5 Å². The summed E-state index contributed by atoms with van der Waals surface area (Å²) in [4.78, 5) is 16.7. The van der Waals surface area contributed by atoms with Gasteiger partial charge in [-0.15, -0.1) is 0 Å². The van der Waals surface area contributed by atoms with Gasteiger partial charge in [0.1, 0.15) is 0 Å². The highest BCUT2D eigenvalue weighted by Crippen LogP contribution is 1.99. The predicted molar refractivity (Wildman–Crippen MR) is 72.5 cm³/mol. The van der Waals surface area contributed by atoms with Crippen molar-refractivity contribution in [2.45, 2.75) is 41.5 Å². The summed E-state index contributed by atoms with van der Waals surface area (Å²) in [6.45, 7) is 11.7. The van der Waals surface area contributed by atoms with Gasteiger partial charge in [0.2, 0.25) is 0 Å². The van der Waals surface area contributed by atoms with Crippen molar-refractivity contribution < 1.29 is 0 Å². The fraction of sp³-hybridized carbons (Fsp3) is 0.429. The van der Waals surface area contributed by atoms with Crippen molar-refractivity contribution in [3.8, 4) is 0 Å². The van der Waals surface area contributed by atoms with E-state index in [1.807, 2.05) is 41.5 Å². The number of aryl methyl sites for hydroxylation is 6. The minimum absolute atomic E-state index is 0.984. The highest BCUT2D eigenvalue weighted by Gasteiger charge is 1.93. The van der Waals surface area contributed by atoms with Gasteiger partial charge in [-0.2, -0.15) is 0 Å². The maximum absolute atomic E-state index is 4.21. The molecule has 2 rings (SSSR count). The molecule has 0 amide bonds. The Morgan fingerprint density at radius 3 is 1.11 bits per heavy atom. The first-order valence-electron chi connectivity index (χ1n) is 5.94. The lowest BCUT2D eigenvalue weighted by atomic mass is 10.3. The number of nitrogens with zero attached hydrogens (tertiary/aromatic N) is 4. The Kier molecular flexibility index (Phi) is 4.89. The molecule has 0 N–H and O–H groups in total. The molecule has 2 aromatic rings. The van der Waals surface area contributed by atoms with Gasteiger partial charge >= 0.3 is 0 Å². The van der Waals surface area contributed by atoms with Crippen molar-refractivity contribution in [2.24, 2.45) is 0 Å². The maximum Gasteiger partial charge on any atom is 0.0588 e. The second-order valence-corrected chi connectivity index (χ2v) is 4.36. The van der Waals surface area contributed by atoms with E-state index in [1.54, 1.807) is 12.4 Å². The fourth-order valence-corrected chi connectivity index (χ4v) is 1.32. The Morgan fingerprint density at radius 2 is 0.889 bits per heavy atom. The van der Waals surface area contributed by atoms with Crippen LogP contribution in [-0.4, -0.2) is 19.9 Å². The quantitative estimate of drug-likeness (QED) is 0.715.